The molecule has 214 valence electrons. The number of ether oxygens (including phenoxy) is 2. The molecule has 0 radical (unpaired) electrons. The fourth-order valence-corrected chi connectivity index (χ4v) is 4.85. The highest BCUT2D eigenvalue weighted by Crippen LogP contribution is 2.27. The maximum Gasteiger partial charge on any atom is 0.272 e. The largest absolute Gasteiger partial charge is 0.497 e. The van der Waals surface area contributed by atoms with Crippen LogP contribution in [0.2, 0.25) is 0 Å². The fraction of sp³-hybridized carbons (Fsp3) is 0.0938. The standard InChI is InChI=1S/C32H28BrN3O5S/c1-40-24-15-12-22(29(19-24)41-2)18-28(36-31(38)21-8-4-3-5-9-21)32(39)34-23-13-16-25(17-14-23)42-20-30(37)35-27-11-7-6-10-26(27)33/h3-19H,20H2,1-2H3,(H,34,39)(H,35,37)(H,36,38)/b28-18-. The zero-order valence-corrected chi connectivity index (χ0v) is 25.3. The van der Waals surface area contributed by atoms with Crippen molar-refractivity contribution in [2.75, 3.05) is 30.6 Å². The van der Waals surface area contributed by atoms with Crippen LogP contribution in [0, 0.1) is 0 Å². The number of hydrogen-bond donors (Lipinski definition) is 3. The highest BCUT2D eigenvalue weighted by molar-refractivity contribution is 9.10. The Balaban J connectivity index is 1.46. The molecule has 0 saturated carbocycles. The van der Waals surface area contributed by atoms with Crippen LogP contribution in [0.1, 0.15) is 15.9 Å². The predicted molar refractivity (Wildman–Crippen MR) is 170 cm³/mol. The minimum absolute atomic E-state index is 0.0227. The van der Waals surface area contributed by atoms with E-state index in [-0.39, 0.29) is 17.4 Å². The number of rotatable bonds is 11. The molecule has 8 nitrogen and oxygen atoms in total. The third kappa shape index (κ3) is 8.48. The molecule has 0 aliphatic carbocycles. The van der Waals surface area contributed by atoms with E-state index in [0.29, 0.717) is 34.0 Å². The zero-order valence-electron chi connectivity index (χ0n) is 22.8. The minimum Gasteiger partial charge on any atom is -0.497 e. The molecule has 0 fully saturated rings. The number of carbonyl (C=O) groups excluding carboxylic acids is 3. The monoisotopic (exact) mass is 645 g/mol. The number of carbonyl (C=O) groups is 3. The van der Waals surface area contributed by atoms with Gasteiger partial charge in [0.1, 0.15) is 17.2 Å². The van der Waals surface area contributed by atoms with Gasteiger partial charge in [0.25, 0.3) is 11.8 Å². The van der Waals surface area contributed by atoms with Crippen molar-refractivity contribution in [2.45, 2.75) is 4.90 Å². The Hall–Kier alpha value is -4.54. The highest BCUT2D eigenvalue weighted by atomic mass is 79.9. The van der Waals surface area contributed by atoms with E-state index in [1.807, 2.05) is 36.4 Å². The summed E-state index contributed by atoms with van der Waals surface area (Å²) >= 11 is 4.79. The third-order valence-electron chi connectivity index (χ3n) is 5.90. The van der Waals surface area contributed by atoms with Gasteiger partial charge in [-0.25, -0.2) is 0 Å². The SMILES string of the molecule is COc1ccc(/C=C(\NC(=O)c2ccccc2)C(=O)Nc2ccc(SCC(=O)Nc3ccccc3Br)cc2)c(OC)c1. The molecule has 10 heteroatoms. The first-order chi connectivity index (χ1) is 20.4. The maximum atomic E-state index is 13.4. The van der Waals surface area contributed by atoms with E-state index in [1.165, 1.54) is 18.9 Å². The van der Waals surface area contributed by atoms with Crippen LogP contribution in [0.5, 0.6) is 11.5 Å². The normalized spacial score (nSPS) is 10.9. The molecule has 0 spiro atoms. The van der Waals surface area contributed by atoms with Crippen molar-refractivity contribution in [2.24, 2.45) is 0 Å². The summed E-state index contributed by atoms with van der Waals surface area (Å²) in [6, 6.07) is 28.3. The van der Waals surface area contributed by atoms with Gasteiger partial charge in [0.15, 0.2) is 0 Å². The Morgan fingerprint density at radius 2 is 1.55 bits per heavy atom. The maximum absolute atomic E-state index is 13.4. The lowest BCUT2D eigenvalue weighted by atomic mass is 10.1. The van der Waals surface area contributed by atoms with Crippen LogP contribution in [0.15, 0.2) is 112 Å². The van der Waals surface area contributed by atoms with Crippen molar-refractivity contribution >= 4 is 62.9 Å². The molecular weight excluding hydrogens is 618 g/mol. The summed E-state index contributed by atoms with van der Waals surface area (Å²) < 4.78 is 11.5. The summed E-state index contributed by atoms with van der Waals surface area (Å²) in [6.45, 7) is 0. The highest BCUT2D eigenvalue weighted by Gasteiger charge is 2.17. The summed E-state index contributed by atoms with van der Waals surface area (Å²) in [5.41, 5.74) is 2.22. The van der Waals surface area contributed by atoms with Gasteiger partial charge in [0.2, 0.25) is 5.91 Å². The molecule has 0 bridgehead atoms. The molecule has 0 heterocycles. The lowest BCUT2D eigenvalue weighted by molar-refractivity contribution is -0.114. The van der Waals surface area contributed by atoms with Crippen LogP contribution in [0.4, 0.5) is 11.4 Å². The average Bonchev–Trinajstić information content (AvgIpc) is 3.02. The average molecular weight is 647 g/mol. The van der Waals surface area contributed by atoms with Gasteiger partial charge in [0, 0.05) is 32.2 Å². The Morgan fingerprint density at radius 3 is 2.24 bits per heavy atom. The number of nitrogens with one attached hydrogen (secondary N) is 3. The van der Waals surface area contributed by atoms with Crippen LogP contribution >= 0.6 is 27.7 Å². The molecule has 3 N–H and O–H groups in total. The van der Waals surface area contributed by atoms with Crippen LogP contribution < -0.4 is 25.4 Å². The van der Waals surface area contributed by atoms with Gasteiger partial charge < -0.3 is 25.4 Å². The summed E-state index contributed by atoms with van der Waals surface area (Å²) in [5, 5.41) is 8.42. The Kier molecular flexibility index (Phi) is 10.8. The van der Waals surface area contributed by atoms with E-state index in [1.54, 1.807) is 73.8 Å². The van der Waals surface area contributed by atoms with Gasteiger partial charge >= 0.3 is 0 Å². The number of anilines is 2. The lowest BCUT2D eigenvalue weighted by Gasteiger charge is -2.13. The molecule has 42 heavy (non-hydrogen) atoms. The topological polar surface area (TPSA) is 106 Å². The number of amides is 3. The number of benzene rings is 4. The molecule has 4 rings (SSSR count). The van der Waals surface area contributed by atoms with Crippen molar-refractivity contribution < 1.29 is 23.9 Å². The first-order valence-electron chi connectivity index (χ1n) is 12.7. The Bertz CT molecular complexity index is 1590. The number of para-hydroxylation sites is 1. The minimum atomic E-state index is -0.523. The molecule has 0 saturated heterocycles. The Labute approximate surface area is 256 Å². The van der Waals surface area contributed by atoms with Gasteiger partial charge in [-0.2, -0.15) is 0 Å². The molecule has 4 aromatic rings. The van der Waals surface area contributed by atoms with E-state index in [4.69, 9.17) is 9.47 Å². The summed E-state index contributed by atoms with van der Waals surface area (Å²) in [6.07, 6.45) is 1.54. The number of halogens is 1. The number of thioether (sulfide) groups is 1. The van der Waals surface area contributed by atoms with Crippen LogP contribution in [-0.2, 0) is 9.59 Å². The lowest BCUT2D eigenvalue weighted by Crippen LogP contribution is -2.30. The summed E-state index contributed by atoms with van der Waals surface area (Å²) in [7, 11) is 3.06. The van der Waals surface area contributed by atoms with Crippen molar-refractivity contribution in [3.05, 3.63) is 118 Å². The van der Waals surface area contributed by atoms with Crippen molar-refractivity contribution in [1.82, 2.24) is 5.32 Å². The Morgan fingerprint density at radius 1 is 0.833 bits per heavy atom. The molecule has 0 aromatic heterocycles. The molecule has 0 atom stereocenters. The van der Waals surface area contributed by atoms with Gasteiger partial charge in [0.05, 0.1) is 25.7 Å². The number of methoxy groups -OCH3 is 2. The van der Waals surface area contributed by atoms with Crippen molar-refractivity contribution in [1.29, 1.82) is 0 Å². The first kappa shape index (κ1) is 30.4. The van der Waals surface area contributed by atoms with Crippen LogP contribution in [-0.4, -0.2) is 37.7 Å². The van der Waals surface area contributed by atoms with E-state index in [0.717, 1.165) is 9.37 Å². The second kappa shape index (κ2) is 14.9. The van der Waals surface area contributed by atoms with E-state index < -0.39 is 11.8 Å². The quantitative estimate of drug-likeness (QED) is 0.125. The van der Waals surface area contributed by atoms with E-state index >= 15 is 0 Å². The van der Waals surface area contributed by atoms with Gasteiger partial charge in [-0.1, -0.05) is 30.3 Å². The molecule has 3 amide bonds. The molecule has 0 unspecified atom stereocenters. The smallest absolute Gasteiger partial charge is 0.272 e. The van der Waals surface area contributed by atoms with Gasteiger partial charge in [-0.05, 0) is 82.7 Å². The van der Waals surface area contributed by atoms with E-state index in [9.17, 15) is 14.4 Å². The first-order valence-corrected chi connectivity index (χ1v) is 14.5. The van der Waals surface area contributed by atoms with Gasteiger partial charge in [-0.15, -0.1) is 11.8 Å². The summed E-state index contributed by atoms with van der Waals surface area (Å²) in [5.74, 6) is 0.185. The van der Waals surface area contributed by atoms with Crippen LogP contribution in [0.25, 0.3) is 6.08 Å². The van der Waals surface area contributed by atoms with E-state index in [2.05, 4.69) is 31.9 Å². The third-order valence-corrected chi connectivity index (χ3v) is 7.60. The zero-order chi connectivity index (χ0) is 29.9. The second-order valence-corrected chi connectivity index (χ2v) is 10.7. The molecule has 4 aromatic carbocycles. The second-order valence-electron chi connectivity index (χ2n) is 8.78. The van der Waals surface area contributed by atoms with Crippen LogP contribution in [0.3, 0.4) is 0 Å². The van der Waals surface area contributed by atoms with Crippen molar-refractivity contribution in [3.63, 3.8) is 0 Å². The fourth-order valence-electron chi connectivity index (χ4n) is 3.77. The van der Waals surface area contributed by atoms with Crippen molar-refractivity contribution in [3.8, 4) is 11.5 Å². The molecule has 0 aliphatic heterocycles. The van der Waals surface area contributed by atoms with Gasteiger partial charge in [-0.3, -0.25) is 14.4 Å². The molecular formula is C32H28BrN3O5S. The molecule has 0 aliphatic rings. The summed E-state index contributed by atoms with van der Waals surface area (Å²) in [4.78, 5) is 39.6. The predicted octanol–water partition coefficient (Wildman–Crippen LogP) is 6.61. The number of hydrogen-bond acceptors (Lipinski definition) is 6.